The Bertz CT molecular complexity index is 553. The summed E-state index contributed by atoms with van der Waals surface area (Å²) in [6.07, 6.45) is 1.11. The molecular weight excluding hydrogens is 264 g/mol. The summed E-state index contributed by atoms with van der Waals surface area (Å²) in [6.45, 7) is 5.89. The van der Waals surface area contributed by atoms with Crippen LogP contribution in [0, 0.1) is 5.92 Å². The molecule has 0 aliphatic heterocycles. The maximum Gasteiger partial charge on any atom is 0.319 e. The highest BCUT2D eigenvalue weighted by Gasteiger charge is 2.16. The lowest BCUT2D eigenvalue weighted by atomic mass is 10.1. The van der Waals surface area contributed by atoms with Crippen molar-refractivity contribution in [1.29, 1.82) is 0 Å². The second-order valence-electron chi connectivity index (χ2n) is 4.90. The minimum atomic E-state index is -3.37. The normalized spacial score (nSPS) is 13.1. The summed E-state index contributed by atoms with van der Waals surface area (Å²) in [5, 5.41) is 5.34. The number of anilines is 1. The van der Waals surface area contributed by atoms with Gasteiger partial charge >= 0.3 is 6.03 Å². The van der Waals surface area contributed by atoms with Crippen molar-refractivity contribution in [2.45, 2.75) is 31.7 Å². The summed E-state index contributed by atoms with van der Waals surface area (Å²) in [5.74, 6) is 0.302. The zero-order chi connectivity index (χ0) is 14.6. The molecule has 0 unspecified atom stereocenters. The van der Waals surface area contributed by atoms with Gasteiger partial charge in [0.2, 0.25) is 0 Å². The van der Waals surface area contributed by atoms with Gasteiger partial charge in [-0.05, 0) is 25.0 Å². The Kier molecular flexibility index (Phi) is 4.94. The Hall–Kier alpha value is -1.56. The van der Waals surface area contributed by atoms with Gasteiger partial charge in [0.25, 0.3) is 0 Å². The molecule has 0 heterocycles. The number of benzene rings is 1. The molecule has 1 aromatic carbocycles. The van der Waals surface area contributed by atoms with E-state index in [1.165, 1.54) is 6.07 Å². The van der Waals surface area contributed by atoms with E-state index in [-0.39, 0.29) is 10.9 Å². The molecule has 0 radical (unpaired) electrons. The Balaban J connectivity index is 2.87. The maximum absolute atomic E-state index is 11.8. The molecule has 6 heteroatoms. The van der Waals surface area contributed by atoms with Gasteiger partial charge in [0.05, 0.1) is 10.6 Å². The Morgan fingerprint density at radius 3 is 2.26 bits per heavy atom. The molecule has 0 fully saturated rings. The number of sulfone groups is 1. The van der Waals surface area contributed by atoms with Gasteiger partial charge in [-0.15, -0.1) is 0 Å². The summed E-state index contributed by atoms with van der Waals surface area (Å²) in [5.41, 5.74) is 0.290. The van der Waals surface area contributed by atoms with E-state index in [1.54, 1.807) is 18.2 Å². The highest BCUT2D eigenvalue weighted by atomic mass is 32.2. The fraction of sp³-hybridized carbons (Fsp3) is 0.462. The molecule has 0 saturated carbocycles. The molecule has 19 heavy (non-hydrogen) atoms. The Labute approximate surface area is 114 Å². The minimum absolute atomic E-state index is 0.00500. The van der Waals surface area contributed by atoms with Crippen molar-refractivity contribution >= 4 is 21.6 Å². The molecule has 0 spiro atoms. The van der Waals surface area contributed by atoms with E-state index >= 15 is 0 Å². The SMILES string of the molecule is CC(C)[C@H](C)NC(=O)Nc1ccccc1S(C)(=O)=O. The summed E-state index contributed by atoms with van der Waals surface area (Å²) in [6, 6.07) is 5.93. The average molecular weight is 284 g/mol. The van der Waals surface area contributed by atoms with Gasteiger partial charge in [-0.1, -0.05) is 26.0 Å². The number of amides is 2. The van der Waals surface area contributed by atoms with E-state index < -0.39 is 15.9 Å². The number of hydrogen-bond donors (Lipinski definition) is 2. The van der Waals surface area contributed by atoms with Gasteiger partial charge in [0.1, 0.15) is 0 Å². The van der Waals surface area contributed by atoms with Crippen LogP contribution in [-0.2, 0) is 9.84 Å². The second kappa shape index (κ2) is 6.06. The topological polar surface area (TPSA) is 75.3 Å². The Morgan fingerprint density at radius 2 is 1.74 bits per heavy atom. The molecule has 0 saturated heterocycles. The van der Waals surface area contributed by atoms with Gasteiger partial charge in [-0.3, -0.25) is 0 Å². The van der Waals surface area contributed by atoms with Crippen LogP contribution in [0.3, 0.4) is 0 Å². The van der Waals surface area contributed by atoms with E-state index in [9.17, 15) is 13.2 Å². The van der Waals surface area contributed by atoms with E-state index in [0.717, 1.165) is 6.26 Å². The molecular formula is C13H20N2O3S. The van der Waals surface area contributed by atoms with Gasteiger partial charge < -0.3 is 10.6 Å². The highest BCUT2D eigenvalue weighted by Crippen LogP contribution is 2.20. The van der Waals surface area contributed by atoms with Gasteiger partial charge in [-0.2, -0.15) is 0 Å². The number of nitrogens with one attached hydrogen (secondary N) is 2. The summed E-state index contributed by atoms with van der Waals surface area (Å²) in [7, 11) is -3.37. The molecule has 106 valence electrons. The third-order valence-electron chi connectivity index (χ3n) is 2.89. The molecule has 1 aromatic rings. The van der Waals surface area contributed by atoms with Crippen molar-refractivity contribution in [2.24, 2.45) is 5.92 Å². The molecule has 1 rings (SSSR count). The largest absolute Gasteiger partial charge is 0.335 e. The van der Waals surface area contributed by atoms with Crippen molar-refractivity contribution in [3.05, 3.63) is 24.3 Å². The van der Waals surface area contributed by atoms with E-state index in [0.29, 0.717) is 11.6 Å². The van der Waals surface area contributed by atoms with Crippen LogP contribution in [0.4, 0.5) is 10.5 Å². The average Bonchev–Trinajstić information content (AvgIpc) is 2.27. The van der Waals surface area contributed by atoms with Crippen LogP contribution in [-0.4, -0.2) is 26.7 Å². The number of urea groups is 1. The summed E-state index contributed by atoms with van der Waals surface area (Å²) < 4.78 is 23.2. The lowest BCUT2D eigenvalue weighted by Crippen LogP contribution is -2.39. The Morgan fingerprint density at radius 1 is 1.16 bits per heavy atom. The van der Waals surface area contributed by atoms with Crippen LogP contribution >= 0.6 is 0 Å². The van der Waals surface area contributed by atoms with Crippen LogP contribution < -0.4 is 10.6 Å². The first-order valence-corrected chi connectivity index (χ1v) is 7.97. The lowest BCUT2D eigenvalue weighted by molar-refractivity contribution is 0.246. The molecule has 2 amide bonds. The van der Waals surface area contributed by atoms with Gasteiger partial charge in [0.15, 0.2) is 9.84 Å². The molecule has 0 aliphatic carbocycles. The van der Waals surface area contributed by atoms with Crippen molar-refractivity contribution in [3.63, 3.8) is 0 Å². The molecule has 5 nitrogen and oxygen atoms in total. The first-order valence-electron chi connectivity index (χ1n) is 6.08. The van der Waals surface area contributed by atoms with Crippen molar-refractivity contribution < 1.29 is 13.2 Å². The van der Waals surface area contributed by atoms with E-state index in [4.69, 9.17) is 0 Å². The number of carbonyl (C=O) groups is 1. The smallest absolute Gasteiger partial charge is 0.319 e. The third-order valence-corrected chi connectivity index (χ3v) is 4.05. The quantitative estimate of drug-likeness (QED) is 0.890. The molecule has 1 atom stereocenters. The lowest BCUT2D eigenvalue weighted by Gasteiger charge is -2.18. The van der Waals surface area contributed by atoms with Crippen molar-refractivity contribution in [1.82, 2.24) is 5.32 Å². The number of carbonyl (C=O) groups excluding carboxylic acids is 1. The predicted octanol–water partition coefficient (Wildman–Crippen LogP) is 2.26. The van der Waals surface area contributed by atoms with E-state index in [1.807, 2.05) is 20.8 Å². The monoisotopic (exact) mass is 284 g/mol. The van der Waals surface area contributed by atoms with Gasteiger partial charge in [0, 0.05) is 12.3 Å². The molecule has 0 aliphatic rings. The van der Waals surface area contributed by atoms with Crippen LogP contribution in [0.15, 0.2) is 29.2 Å². The first-order chi connectivity index (χ1) is 8.71. The van der Waals surface area contributed by atoms with Crippen LogP contribution in [0.25, 0.3) is 0 Å². The maximum atomic E-state index is 11.8. The summed E-state index contributed by atoms with van der Waals surface area (Å²) >= 11 is 0. The second-order valence-corrected chi connectivity index (χ2v) is 6.88. The van der Waals surface area contributed by atoms with Crippen molar-refractivity contribution in [3.8, 4) is 0 Å². The third kappa shape index (κ3) is 4.55. The first kappa shape index (κ1) is 15.5. The zero-order valence-corrected chi connectivity index (χ0v) is 12.4. The number of hydrogen-bond acceptors (Lipinski definition) is 3. The van der Waals surface area contributed by atoms with Crippen LogP contribution in [0.5, 0.6) is 0 Å². The number of rotatable bonds is 4. The van der Waals surface area contributed by atoms with Crippen LogP contribution in [0.1, 0.15) is 20.8 Å². The van der Waals surface area contributed by atoms with Crippen molar-refractivity contribution in [2.75, 3.05) is 11.6 Å². The molecule has 2 N–H and O–H groups in total. The highest BCUT2D eigenvalue weighted by molar-refractivity contribution is 7.90. The van der Waals surface area contributed by atoms with Crippen LogP contribution in [0.2, 0.25) is 0 Å². The molecule has 0 bridgehead atoms. The predicted molar refractivity (Wildman–Crippen MR) is 76.0 cm³/mol. The van der Waals surface area contributed by atoms with Gasteiger partial charge in [-0.25, -0.2) is 13.2 Å². The fourth-order valence-corrected chi connectivity index (χ4v) is 2.27. The minimum Gasteiger partial charge on any atom is -0.335 e. The summed E-state index contributed by atoms with van der Waals surface area (Å²) in [4.78, 5) is 11.9. The standard InChI is InChI=1S/C13H20N2O3S/c1-9(2)10(3)14-13(16)15-11-7-5-6-8-12(11)19(4,17)18/h5-10H,1-4H3,(H2,14,15,16)/t10-/m0/s1. The number of para-hydroxylation sites is 1. The fourth-order valence-electron chi connectivity index (χ4n) is 1.43. The van der Waals surface area contributed by atoms with E-state index in [2.05, 4.69) is 10.6 Å². The zero-order valence-electron chi connectivity index (χ0n) is 11.6. The molecule has 0 aromatic heterocycles.